The van der Waals surface area contributed by atoms with Crippen LogP contribution in [0.25, 0.3) is 104 Å². The molecule has 5 heteroatoms. The molecule has 0 atom stereocenters. The molecule has 0 amide bonds. The van der Waals surface area contributed by atoms with Crippen molar-refractivity contribution in [1.29, 1.82) is 0 Å². The van der Waals surface area contributed by atoms with Crippen LogP contribution in [0.4, 0.5) is 0 Å². The van der Waals surface area contributed by atoms with Gasteiger partial charge in [0.25, 0.3) is 0 Å². The van der Waals surface area contributed by atoms with Gasteiger partial charge in [-0.1, -0.05) is 145 Å². The van der Waals surface area contributed by atoms with E-state index in [9.17, 15) is 4.11 Å². The van der Waals surface area contributed by atoms with Crippen LogP contribution in [0.15, 0.2) is 182 Å². The normalized spacial score (nSPS) is 13.8. The first kappa shape index (κ1) is 23.6. The van der Waals surface area contributed by atoms with Gasteiger partial charge < -0.3 is 4.57 Å². The van der Waals surface area contributed by atoms with Gasteiger partial charge in [0.2, 0.25) is 0 Å². The van der Waals surface area contributed by atoms with Crippen LogP contribution in [0.1, 0.15) is 11.0 Å². The highest BCUT2D eigenvalue weighted by atomic mass is 32.1. The van der Waals surface area contributed by atoms with Crippen LogP contribution in [0.5, 0.6) is 0 Å². The lowest BCUT2D eigenvalue weighted by Crippen LogP contribution is -2.02. The SMILES string of the molecule is [2H]c1cc([2H])c2c(c1[2H])c1c3c([2H])c([2H])c([2H])c([2H])c3cc([2H])c1n2-c1ccc(-c2nc(-c3ccccc3)nc(-c3ccccc3)n2)cc1-c1cccc2c1sc1ccccc12. The van der Waals surface area contributed by atoms with Crippen molar-refractivity contribution in [2.45, 2.75) is 0 Å². The summed E-state index contributed by atoms with van der Waals surface area (Å²) in [6.07, 6.45) is 0. The molecule has 0 aliphatic heterocycles. The first-order valence-electron chi connectivity index (χ1n) is 21.5. The topological polar surface area (TPSA) is 43.6 Å². The summed E-state index contributed by atoms with van der Waals surface area (Å²) in [4.78, 5) is 15.0. The van der Waals surface area contributed by atoms with Crippen LogP contribution in [-0.2, 0) is 0 Å². The Hall–Kier alpha value is -6.95. The smallest absolute Gasteiger partial charge is 0.164 e. The third kappa shape index (κ3) is 4.86. The second-order valence-electron chi connectivity index (χ2n) is 13.0. The summed E-state index contributed by atoms with van der Waals surface area (Å²) in [7, 11) is 0. The Balaban J connectivity index is 1.29. The van der Waals surface area contributed by atoms with Crippen molar-refractivity contribution >= 4 is 64.1 Å². The summed E-state index contributed by atoms with van der Waals surface area (Å²) in [6.45, 7) is 0. The van der Waals surface area contributed by atoms with Gasteiger partial charge in [-0.05, 0) is 47.1 Å². The van der Waals surface area contributed by atoms with E-state index < -0.39 is 12.1 Å². The van der Waals surface area contributed by atoms with Gasteiger partial charge in [0, 0.05) is 58.8 Å². The van der Waals surface area contributed by atoms with Crippen molar-refractivity contribution in [1.82, 2.24) is 19.5 Å². The van der Waals surface area contributed by atoms with Gasteiger partial charge in [-0.15, -0.1) is 11.3 Å². The van der Waals surface area contributed by atoms with Crippen molar-refractivity contribution in [3.63, 3.8) is 0 Å². The van der Waals surface area contributed by atoms with Crippen LogP contribution < -0.4 is 0 Å². The molecule has 3 aromatic heterocycles. The number of rotatable bonds is 5. The molecule has 0 bridgehead atoms. The molecule has 0 N–H and O–H groups in total. The molecule has 3 heterocycles. The Labute approximate surface area is 326 Å². The van der Waals surface area contributed by atoms with E-state index in [-0.39, 0.29) is 68.8 Å². The van der Waals surface area contributed by atoms with Gasteiger partial charge in [-0.2, -0.15) is 0 Å². The van der Waals surface area contributed by atoms with Crippen LogP contribution in [0.3, 0.4) is 0 Å². The maximum Gasteiger partial charge on any atom is 0.164 e. The Kier molecular flexibility index (Phi) is 5.39. The summed E-state index contributed by atoms with van der Waals surface area (Å²) >= 11 is 1.65. The molecule has 0 saturated heterocycles. The van der Waals surface area contributed by atoms with Gasteiger partial charge in [-0.3, -0.25) is 0 Å². The van der Waals surface area contributed by atoms with Crippen LogP contribution in [0.2, 0.25) is 0 Å². The minimum Gasteiger partial charge on any atom is -0.309 e. The van der Waals surface area contributed by atoms with E-state index in [1.807, 2.05) is 103 Å². The van der Waals surface area contributed by atoms with Crippen LogP contribution in [-0.4, -0.2) is 19.5 Å². The van der Waals surface area contributed by atoms with Gasteiger partial charge in [-0.25, -0.2) is 15.0 Å². The maximum absolute atomic E-state index is 9.55. The quantitative estimate of drug-likeness (QED) is 0.178. The summed E-state index contributed by atoms with van der Waals surface area (Å²) in [5, 5.41) is 2.78. The van der Waals surface area contributed by atoms with Crippen LogP contribution >= 0.6 is 11.3 Å². The predicted molar refractivity (Wildman–Crippen MR) is 226 cm³/mol. The van der Waals surface area contributed by atoms with Gasteiger partial charge in [0.15, 0.2) is 17.5 Å². The Bertz CT molecular complexity index is 3630. The molecule has 0 fully saturated rings. The molecular weight excluding hydrogens is 677 g/mol. The summed E-state index contributed by atoms with van der Waals surface area (Å²) < 4.78 is 75.8. The average molecular weight is 715 g/mol. The fourth-order valence-corrected chi connectivity index (χ4v) is 8.65. The molecule has 0 aliphatic rings. The fraction of sp³-hybridized carbons (Fsp3) is 0. The van der Waals surface area contributed by atoms with Gasteiger partial charge in [0.1, 0.15) is 0 Å². The minimum absolute atomic E-state index is 0.0633. The number of aromatic nitrogens is 4. The van der Waals surface area contributed by atoms with Crippen LogP contribution in [0, 0.1) is 0 Å². The largest absolute Gasteiger partial charge is 0.309 e. The molecule has 11 aromatic rings. The molecule has 0 radical (unpaired) electrons. The second-order valence-corrected chi connectivity index (χ2v) is 14.0. The zero-order valence-corrected chi connectivity index (χ0v) is 29.2. The number of hydrogen-bond acceptors (Lipinski definition) is 4. The number of benzene rings is 8. The predicted octanol–water partition coefficient (Wildman–Crippen LogP) is 13.2. The molecule has 0 aliphatic carbocycles. The van der Waals surface area contributed by atoms with Crippen molar-refractivity contribution in [2.24, 2.45) is 0 Å². The third-order valence-corrected chi connectivity index (χ3v) is 11.1. The molecule has 252 valence electrons. The first-order valence-corrected chi connectivity index (χ1v) is 18.3. The average Bonchev–Trinajstić information content (AvgIpc) is 3.87. The molecule has 8 aromatic carbocycles. The molecule has 0 unspecified atom stereocenters. The number of para-hydroxylation sites is 1. The van der Waals surface area contributed by atoms with E-state index in [2.05, 4.69) is 18.2 Å². The summed E-state index contributed by atoms with van der Waals surface area (Å²) in [5.74, 6) is 1.42. The Morgan fingerprint density at radius 1 is 0.463 bits per heavy atom. The molecule has 11 rings (SSSR count). The van der Waals surface area contributed by atoms with E-state index in [1.165, 1.54) is 12.1 Å². The Morgan fingerprint density at radius 2 is 1.15 bits per heavy atom. The van der Waals surface area contributed by atoms with Crippen molar-refractivity contribution in [2.75, 3.05) is 0 Å². The van der Waals surface area contributed by atoms with Crippen molar-refractivity contribution in [3.8, 4) is 51.0 Å². The molecule has 4 nitrogen and oxygen atoms in total. The minimum atomic E-state index is -0.453. The lowest BCUT2D eigenvalue weighted by molar-refractivity contribution is 1.07. The second kappa shape index (κ2) is 12.3. The molecule has 0 spiro atoms. The van der Waals surface area contributed by atoms with E-state index in [4.69, 9.17) is 21.8 Å². The summed E-state index contributed by atoms with van der Waals surface area (Å²) in [6, 6.07) is 40.3. The number of thiophene rings is 1. The number of nitrogens with zero attached hydrogens (tertiary/aromatic N) is 4. The molecule has 54 heavy (non-hydrogen) atoms. The maximum atomic E-state index is 9.55. The zero-order chi connectivity index (χ0) is 42.6. The summed E-state index contributed by atoms with van der Waals surface area (Å²) in [5.41, 5.74) is 4.93. The van der Waals surface area contributed by atoms with E-state index in [0.717, 1.165) is 36.9 Å². The molecular formula is C49H30N4S. The lowest BCUT2D eigenvalue weighted by Gasteiger charge is -2.17. The third-order valence-electron chi connectivity index (χ3n) is 9.86. The monoisotopic (exact) mass is 714 g/mol. The highest BCUT2D eigenvalue weighted by molar-refractivity contribution is 7.26. The highest BCUT2D eigenvalue weighted by Gasteiger charge is 2.21. The number of fused-ring (bicyclic) bond motifs is 8. The van der Waals surface area contributed by atoms with Gasteiger partial charge >= 0.3 is 0 Å². The lowest BCUT2D eigenvalue weighted by atomic mass is 9.98. The van der Waals surface area contributed by atoms with E-state index in [1.54, 1.807) is 15.9 Å². The highest BCUT2D eigenvalue weighted by Crippen LogP contribution is 2.45. The molecule has 0 saturated carbocycles. The first-order chi connectivity index (χ1) is 30.1. The van der Waals surface area contributed by atoms with Crippen molar-refractivity contribution < 1.29 is 11.0 Å². The van der Waals surface area contributed by atoms with Gasteiger partial charge in [0.05, 0.1) is 27.7 Å². The van der Waals surface area contributed by atoms with Crippen molar-refractivity contribution in [3.05, 3.63) is 182 Å². The van der Waals surface area contributed by atoms with E-state index >= 15 is 0 Å². The standard InChI is InChI=1S/C49H30N4S/c1-3-15-32(16-4-1)47-50-48(33-17-5-2-6-18-33)52-49(51-47)34-27-28-42(40(30-34)38-23-13-22-37-36-20-10-12-25-44(36)54-46(37)38)53-41-24-11-9-21-39(41)45-35-19-8-7-14-31(35)26-29-43(45)53/h1-30H/i7D,8D,9D,14D,19D,21D,24D,29D. The van der Waals surface area contributed by atoms with E-state index in [0.29, 0.717) is 34.3 Å². The number of hydrogen-bond donors (Lipinski definition) is 0. The Morgan fingerprint density at radius 3 is 1.94 bits per heavy atom. The zero-order valence-electron chi connectivity index (χ0n) is 36.4. The fourth-order valence-electron chi connectivity index (χ4n) is 7.42.